The first-order valence-corrected chi connectivity index (χ1v) is 16.9. The van der Waals surface area contributed by atoms with E-state index < -0.39 is 0 Å². The number of fused-ring (bicyclic) bond motifs is 5. The predicted octanol–water partition coefficient (Wildman–Crippen LogP) is 10.1. The molecule has 0 heteroatoms. The molecule has 6 aliphatic rings. The van der Waals surface area contributed by atoms with Gasteiger partial charge in [0.1, 0.15) is 0 Å². The molecule has 6 saturated carbocycles. The fraction of sp³-hybridized carbons (Fsp3) is 0.684. The van der Waals surface area contributed by atoms with Crippen molar-refractivity contribution in [1.82, 2.24) is 0 Å². The molecule has 0 N–H and O–H groups in total. The van der Waals surface area contributed by atoms with Crippen LogP contribution in [0.3, 0.4) is 0 Å². The normalized spacial score (nSPS) is 42.2. The molecule has 2 aromatic rings. The Morgan fingerprint density at radius 3 is 1.50 bits per heavy atom. The summed E-state index contributed by atoms with van der Waals surface area (Å²) < 4.78 is 0. The van der Waals surface area contributed by atoms with Crippen molar-refractivity contribution in [3.8, 4) is 0 Å². The van der Waals surface area contributed by atoms with Crippen LogP contribution in [0.5, 0.6) is 0 Å². The monoisotopic (exact) mass is 506 g/mol. The van der Waals surface area contributed by atoms with Crippen molar-refractivity contribution in [3.05, 3.63) is 71.8 Å². The third-order valence-electron chi connectivity index (χ3n) is 13.8. The van der Waals surface area contributed by atoms with Crippen LogP contribution in [0.1, 0.15) is 107 Å². The van der Waals surface area contributed by atoms with Crippen LogP contribution in [-0.2, 0) is 5.41 Å². The Morgan fingerprint density at radius 2 is 0.974 bits per heavy atom. The zero-order valence-electron chi connectivity index (χ0n) is 23.7. The van der Waals surface area contributed by atoms with Crippen LogP contribution in [0.4, 0.5) is 0 Å². The van der Waals surface area contributed by atoms with Crippen LogP contribution in [0.25, 0.3) is 0 Å². The lowest BCUT2D eigenvalue weighted by atomic mass is 9.52. The zero-order valence-corrected chi connectivity index (χ0v) is 23.7. The van der Waals surface area contributed by atoms with E-state index in [2.05, 4.69) is 60.7 Å². The fourth-order valence-electron chi connectivity index (χ4n) is 12.7. The van der Waals surface area contributed by atoms with Gasteiger partial charge in [-0.3, -0.25) is 0 Å². The molecular formula is C38H50. The predicted molar refractivity (Wildman–Crippen MR) is 158 cm³/mol. The standard InChI is InChI=1S/C38H50/c1-3-11-29(12-4-1)38(30-13-5-2-6-14-30,31-22-21-28(25-31)36-24-26-19-20-27(36)23-26)37-34-17-9-7-15-32(34)33-16-8-10-18-35(33)37/h1-6,11-14,26-28,31-37H,7-10,15-25H2. The number of rotatable bonds is 5. The first kappa shape index (κ1) is 24.3. The molecule has 2 aromatic carbocycles. The molecule has 0 heterocycles. The third-order valence-corrected chi connectivity index (χ3v) is 13.8. The maximum absolute atomic E-state index is 2.58. The molecule has 38 heavy (non-hydrogen) atoms. The summed E-state index contributed by atoms with van der Waals surface area (Å²) in [7, 11) is 0. The largest absolute Gasteiger partial charge is 0.0622 e. The van der Waals surface area contributed by atoms with Gasteiger partial charge in [0.15, 0.2) is 0 Å². The SMILES string of the molecule is c1ccc(C(c2ccccc2)(C2CCC(C3CC4CCC3C4)C2)C2C3CCCCC3C3CCCCC32)cc1. The Labute approximate surface area is 232 Å². The lowest BCUT2D eigenvalue weighted by Gasteiger charge is -2.51. The Morgan fingerprint density at radius 1 is 0.447 bits per heavy atom. The molecule has 6 fully saturated rings. The van der Waals surface area contributed by atoms with Crippen molar-refractivity contribution in [2.75, 3.05) is 0 Å². The molecule has 202 valence electrons. The Bertz CT molecular complexity index is 1020. The molecule has 9 atom stereocenters. The van der Waals surface area contributed by atoms with E-state index in [-0.39, 0.29) is 5.41 Å². The highest BCUT2D eigenvalue weighted by Gasteiger charge is 2.62. The van der Waals surface area contributed by atoms with Crippen molar-refractivity contribution >= 4 is 0 Å². The molecule has 0 aliphatic heterocycles. The molecule has 0 saturated heterocycles. The third kappa shape index (κ3) is 3.67. The molecule has 0 aromatic heterocycles. The summed E-state index contributed by atoms with van der Waals surface area (Å²) in [6, 6.07) is 24.3. The molecule has 6 aliphatic carbocycles. The fourth-order valence-corrected chi connectivity index (χ4v) is 12.7. The summed E-state index contributed by atoms with van der Waals surface area (Å²) in [5.41, 5.74) is 3.57. The van der Waals surface area contributed by atoms with Crippen molar-refractivity contribution in [2.45, 2.75) is 102 Å². The Kier molecular flexibility index (Phi) is 6.27. The van der Waals surface area contributed by atoms with E-state index in [0.717, 1.165) is 59.2 Å². The van der Waals surface area contributed by atoms with E-state index in [1.54, 1.807) is 36.8 Å². The van der Waals surface area contributed by atoms with E-state index in [1.165, 1.54) is 70.6 Å². The number of hydrogen-bond donors (Lipinski definition) is 0. The van der Waals surface area contributed by atoms with Gasteiger partial charge in [-0.05, 0) is 135 Å². The van der Waals surface area contributed by atoms with Gasteiger partial charge in [-0.2, -0.15) is 0 Å². The molecule has 0 spiro atoms. The van der Waals surface area contributed by atoms with Crippen LogP contribution in [0.15, 0.2) is 60.7 Å². The molecule has 8 rings (SSSR count). The second-order valence-electron chi connectivity index (χ2n) is 15.0. The number of hydrogen-bond acceptors (Lipinski definition) is 0. The summed E-state index contributed by atoms with van der Waals surface area (Å²) >= 11 is 0. The van der Waals surface area contributed by atoms with Gasteiger partial charge in [0.2, 0.25) is 0 Å². The molecule has 0 radical (unpaired) electrons. The molecule has 2 bridgehead atoms. The Hall–Kier alpha value is -1.56. The lowest BCUT2D eigenvalue weighted by Crippen LogP contribution is -2.48. The minimum absolute atomic E-state index is 0.200. The average Bonchev–Trinajstić information content (AvgIpc) is 3.79. The van der Waals surface area contributed by atoms with Gasteiger partial charge in [-0.25, -0.2) is 0 Å². The van der Waals surface area contributed by atoms with Crippen LogP contribution < -0.4 is 0 Å². The average molecular weight is 507 g/mol. The van der Waals surface area contributed by atoms with E-state index >= 15 is 0 Å². The van der Waals surface area contributed by atoms with Gasteiger partial charge in [0.25, 0.3) is 0 Å². The highest BCUT2D eigenvalue weighted by molar-refractivity contribution is 5.43. The van der Waals surface area contributed by atoms with Crippen LogP contribution >= 0.6 is 0 Å². The van der Waals surface area contributed by atoms with Crippen molar-refractivity contribution < 1.29 is 0 Å². The second kappa shape index (κ2) is 9.82. The minimum atomic E-state index is 0.200. The van der Waals surface area contributed by atoms with Crippen LogP contribution in [0, 0.1) is 59.2 Å². The highest BCUT2D eigenvalue weighted by atomic mass is 14.7. The molecular weight excluding hydrogens is 456 g/mol. The molecule has 0 amide bonds. The van der Waals surface area contributed by atoms with E-state index in [1.807, 2.05) is 0 Å². The van der Waals surface area contributed by atoms with E-state index in [0.29, 0.717) is 0 Å². The quantitative estimate of drug-likeness (QED) is 0.378. The van der Waals surface area contributed by atoms with Gasteiger partial charge in [-0.1, -0.05) is 92.8 Å². The summed E-state index contributed by atoms with van der Waals surface area (Å²) in [5.74, 6) is 9.75. The smallest absolute Gasteiger partial charge is 0.0264 e. The summed E-state index contributed by atoms with van der Waals surface area (Å²) in [6.07, 6.45) is 22.7. The van der Waals surface area contributed by atoms with Gasteiger partial charge in [0.05, 0.1) is 0 Å². The summed E-state index contributed by atoms with van der Waals surface area (Å²) in [6.45, 7) is 0. The van der Waals surface area contributed by atoms with Gasteiger partial charge < -0.3 is 0 Å². The maximum atomic E-state index is 2.58. The lowest BCUT2D eigenvalue weighted by molar-refractivity contribution is 0.0916. The Balaban J connectivity index is 1.27. The van der Waals surface area contributed by atoms with Crippen molar-refractivity contribution in [1.29, 1.82) is 0 Å². The van der Waals surface area contributed by atoms with Gasteiger partial charge >= 0.3 is 0 Å². The summed E-state index contributed by atoms with van der Waals surface area (Å²) in [4.78, 5) is 0. The topological polar surface area (TPSA) is 0 Å². The summed E-state index contributed by atoms with van der Waals surface area (Å²) in [5, 5.41) is 0. The van der Waals surface area contributed by atoms with Gasteiger partial charge in [-0.15, -0.1) is 0 Å². The van der Waals surface area contributed by atoms with Crippen LogP contribution in [0.2, 0.25) is 0 Å². The molecule has 9 unspecified atom stereocenters. The first-order valence-electron chi connectivity index (χ1n) is 16.9. The van der Waals surface area contributed by atoms with Crippen molar-refractivity contribution in [2.24, 2.45) is 59.2 Å². The van der Waals surface area contributed by atoms with Gasteiger partial charge in [0, 0.05) is 5.41 Å². The van der Waals surface area contributed by atoms with Crippen molar-refractivity contribution in [3.63, 3.8) is 0 Å². The highest BCUT2D eigenvalue weighted by Crippen LogP contribution is 2.68. The second-order valence-corrected chi connectivity index (χ2v) is 15.0. The number of benzene rings is 2. The maximum Gasteiger partial charge on any atom is 0.0264 e. The molecule has 0 nitrogen and oxygen atoms in total. The minimum Gasteiger partial charge on any atom is -0.0622 e. The van der Waals surface area contributed by atoms with E-state index in [9.17, 15) is 0 Å². The first-order chi connectivity index (χ1) is 18.8. The van der Waals surface area contributed by atoms with E-state index in [4.69, 9.17) is 0 Å². The van der Waals surface area contributed by atoms with Crippen LogP contribution in [-0.4, -0.2) is 0 Å². The zero-order chi connectivity index (χ0) is 25.1.